The van der Waals surface area contributed by atoms with E-state index in [0.717, 1.165) is 5.39 Å². The van der Waals surface area contributed by atoms with Crippen molar-refractivity contribution in [3.8, 4) is 11.5 Å². The number of hydrogen-bond acceptors (Lipinski definition) is 6. The van der Waals surface area contributed by atoms with Crippen LogP contribution < -0.4 is 11.1 Å². The molecular weight excluding hydrogens is 361 g/mol. The summed E-state index contributed by atoms with van der Waals surface area (Å²) in [5, 5.41) is 7.95. The predicted octanol–water partition coefficient (Wildman–Crippen LogP) is 2.03. The fraction of sp³-hybridized carbons (Fsp3) is 0.105. The Morgan fingerprint density at radius 2 is 2.04 bits per heavy atom. The molecule has 3 N–H and O–H groups in total. The molecular formula is C19H14FN7O. The first-order valence-electron chi connectivity index (χ1n) is 8.60. The molecule has 1 aromatic carbocycles. The molecule has 9 heteroatoms. The Hall–Kier alpha value is -3.72. The van der Waals surface area contributed by atoms with Crippen molar-refractivity contribution < 1.29 is 9.18 Å². The van der Waals surface area contributed by atoms with Crippen LogP contribution in [0.4, 0.5) is 10.2 Å². The van der Waals surface area contributed by atoms with E-state index in [1.807, 2.05) is 6.07 Å². The quantitative estimate of drug-likeness (QED) is 0.567. The summed E-state index contributed by atoms with van der Waals surface area (Å²) in [5.41, 5.74) is 7.94. The molecule has 0 saturated heterocycles. The standard InChI is InChI=1S/C19H14FN7O/c20-13-6-2-1-4-10(13)9-27-18-11(5-3-7-22-18)15(26-27)17-23-8-12-14(21)19(28)25-16(12)24-17/h1-8,14H,9,21H2,(H,23,24,25,28). The van der Waals surface area contributed by atoms with E-state index in [1.54, 1.807) is 35.1 Å². The molecule has 5 rings (SSSR count). The molecule has 3 aromatic heterocycles. The number of nitrogens with two attached hydrogens (primary N) is 1. The van der Waals surface area contributed by atoms with Gasteiger partial charge >= 0.3 is 0 Å². The molecule has 1 aliphatic heterocycles. The number of nitrogens with one attached hydrogen (secondary N) is 1. The number of fused-ring (bicyclic) bond motifs is 2. The Bertz CT molecular complexity index is 1240. The minimum Gasteiger partial charge on any atom is -0.316 e. The number of halogens is 1. The molecule has 1 aliphatic rings. The van der Waals surface area contributed by atoms with Gasteiger partial charge in [0.1, 0.15) is 23.4 Å². The lowest BCUT2D eigenvalue weighted by Crippen LogP contribution is -2.19. The number of nitrogens with zero attached hydrogens (tertiary/aromatic N) is 5. The Morgan fingerprint density at radius 1 is 1.18 bits per heavy atom. The van der Waals surface area contributed by atoms with Crippen molar-refractivity contribution in [1.29, 1.82) is 0 Å². The summed E-state index contributed by atoms with van der Waals surface area (Å²) in [4.78, 5) is 24.9. The molecule has 0 radical (unpaired) electrons. The van der Waals surface area contributed by atoms with Gasteiger partial charge in [-0.1, -0.05) is 18.2 Å². The van der Waals surface area contributed by atoms with E-state index in [-0.39, 0.29) is 18.3 Å². The molecule has 0 fully saturated rings. The van der Waals surface area contributed by atoms with Crippen LogP contribution in [0.1, 0.15) is 17.2 Å². The van der Waals surface area contributed by atoms with Crippen LogP contribution in [0.25, 0.3) is 22.6 Å². The van der Waals surface area contributed by atoms with Crippen molar-refractivity contribution in [1.82, 2.24) is 24.7 Å². The smallest absolute Gasteiger partial charge is 0.247 e. The lowest BCUT2D eigenvalue weighted by atomic mass is 10.2. The van der Waals surface area contributed by atoms with Crippen molar-refractivity contribution in [2.24, 2.45) is 5.73 Å². The van der Waals surface area contributed by atoms with Crippen molar-refractivity contribution in [2.75, 3.05) is 5.32 Å². The van der Waals surface area contributed by atoms with Crippen molar-refractivity contribution in [2.45, 2.75) is 12.6 Å². The van der Waals surface area contributed by atoms with Gasteiger partial charge in [-0.25, -0.2) is 24.0 Å². The molecule has 0 saturated carbocycles. The maximum Gasteiger partial charge on any atom is 0.247 e. The van der Waals surface area contributed by atoms with Gasteiger partial charge in [0.05, 0.1) is 11.9 Å². The zero-order valence-electron chi connectivity index (χ0n) is 14.5. The molecule has 0 spiro atoms. The van der Waals surface area contributed by atoms with Crippen LogP contribution in [0.2, 0.25) is 0 Å². The topological polar surface area (TPSA) is 112 Å². The number of carbonyl (C=O) groups excluding carboxylic acids is 1. The molecule has 1 amide bonds. The fourth-order valence-electron chi connectivity index (χ4n) is 3.24. The third-order valence-corrected chi connectivity index (χ3v) is 4.67. The summed E-state index contributed by atoms with van der Waals surface area (Å²) in [6, 6.07) is 9.38. The van der Waals surface area contributed by atoms with Crippen LogP contribution in [0.5, 0.6) is 0 Å². The summed E-state index contributed by atoms with van der Waals surface area (Å²) >= 11 is 0. The first-order valence-corrected chi connectivity index (χ1v) is 8.60. The van der Waals surface area contributed by atoms with Crippen molar-refractivity contribution in [3.05, 3.63) is 65.7 Å². The van der Waals surface area contributed by atoms with Gasteiger partial charge < -0.3 is 11.1 Å². The first kappa shape index (κ1) is 16.5. The maximum atomic E-state index is 14.1. The number of pyridine rings is 1. The number of benzene rings is 1. The van der Waals surface area contributed by atoms with Gasteiger partial charge in [-0.3, -0.25) is 4.79 Å². The average molecular weight is 375 g/mol. The van der Waals surface area contributed by atoms with Crippen LogP contribution >= 0.6 is 0 Å². The average Bonchev–Trinajstić information content (AvgIpc) is 3.21. The predicted molar refractivity (Wildman–Crippen MR) is 99.6 cm³/mol. The van der Waals surface area contributed by atoms with Crippen molar-refractivity contribution in [3.63, 3.8) is 0 Å². The lowest BCUT2D eigenvalue weighted by Gasteiger charge is -2.04. The Labute approximate surface area is 158 Å². The highest BCUT2D eigenvalue weighted by Gasteiger charge is 2.30. The summed E-state index contributed by atoms with van der Waals surface area (Å²) in [5.74, 6) is 0.0776. The summed E-state index contributed by atoms with van der Waals surface area (Å²) in [6.45, 7) is 0.215. The largest absolute Gasteiger partial charge is 0.316 e. The Morgan fingerprint density at radius 3 is 2.89 bits per heavy atom. The number of aromatic nitrogens is 5. The highest BCUT2D eigenvalue weighted by atomic mass is 19.1. The molecule has 1 atom stereocenters. The first-order chi connectivity index (χ1) is 13.6. The van der Waals surface area contributed by atoms with Crippen LogP contribution in [0.3, 0.4) is 0 Å². The number of hydrogen-bond donors (Lipinski definition) is 2. The van der Waals surface area contributed by atoms with Gasteiger partial charge in [-0.15, -0.1) is 0 Å². The molecule has 1 unspecified atom stereocenters. The number of carbonyl (C=O) groups is 1. The molecule has 4 heterocycles. The van der Waals surface area contributed by atoms with Gasteiger partial charge in [0.2, 0.25) is 5.91 Å². The van der Waals surface area contributed by atoms with E-state index in [0.29, 0.717) is 34.1 Å². The van der Waals surface area contributed by atoms with Crippen LogP contribution in [-0.4, -0.2) is 30.6 Å². The Balaban J connectivity index is 1.63. The van der Waals surface area contributed by atoms with E-state index < -0.39 is 6.04 Å². The van der Waals surface area contributed by atoms with E-state index in [4.69, 9.17) is 5.73 Å². The summed E-state index contributed by atoms with van der Waals surface area (Å²) in [7, 11) is 0. The molecule has 0 aliphatic carbocycles. The second-order valence-corrected chi connectivity index (χ2v) is 6.44. The monoisotopic (exact) mass is 375 g/mol. The fourth-order valence-corrected chi connectivity index (χ4v) is 3.24. The molecule has 138 valence electrons. The minimum absolute atomic E-state index is 0.215. The lowest BCUT2D eigenvalue weighted by molar-refractivity contribution is -0.116. The highest BCUT2D eigenvalue weighted by Crippen LogP contribution is 2.30. The number of rotatable bonds is 3. The third kappa shape index (κ3) is 2.52. The van der Waals surface area contributed by atoms with Crippen LogP contribution in [-0.2, 0) is 11.3 Å². The molecule has 4 aromatic rings. The molecule has 28 heavy (non-hydrogen) atoms. The van der Waals surface area contributed by atoms with Crippen LogP contribution in [0.15, 0.2) is 48.8 Å². The molecule has 0 bridgehead atoms. The van der Waals surface area contributed by atoms with Gasteiger partial charge in [0.15, 0.2) is 11.5 Å². The SMILES string of the molecule is NC1C(=O)Nc2nc(-c3nn(Cc4ccccc4F)c4ncccc34)ncc21. The third-order valence-electron chi connectivity index (χ3n) is 4.67. The minimum atomic E-state index is -0.777. The normalized spacial score (nSPS) is 15.6. The van der Waals surface area contributed by atoms with Crippen molar-refractivity contribution >= 4 is 22.8 Å². The highest BCUT2D eigenvalue weighted by molar-refractivity contribution is 6.01. The maximum absolute atomic E-state index is 14.1. The second-order valence-electron chi connectivity index (χ2n) is 6.44. The van der Waals surface area contributed by atoms with Gasteiger partial charge in [-0.05, 0) is 18.2 Å². The van der Waals surface area contributed by atoms with Gasteiger partial charge in [0.25, 0.3) is 0 Å². The van der Waals surface area contributed by atoms with E-state index >= 15 is 0 Å². The second kappa shape index (κ2) is 6.17. The van der Waals surface area contributed by atoms with Gasteiger partial charge in [0, 0.05) is 23.5 Å². The Kier molecular flexibility index (Phi) is 3.63. The van der Waals surface area contributed by atoms with E-state index in [9.17, 15) is 9.18 Å². The molecule has 8 nitrogen and oxygen atoms in total. The van der Waals surface area contributed by atoms with E-state index in [1.165, 1.54) is 12.3 Å². The summed E-state index contributed by atoms with van der Waals surface area (Å²) in [6.07, 6.45) is 3.17. The number of amides is 1. The van der Waals surface area contributed by atoms with E-state index in [2.05, 4.69) is 25.4 Å². The van der Waals surface area contributed by atoms with Crippen LogP contribution in [0, 0.1) is 5.82 Å². The summed E-state index contributed by atoms with van der Waals surface area (Å²) < 4.78 is 15.7. The van der Waals surface area contributed by atoms with Gasteiger partial charge in [-0.2, -0.15) is 5.10 Å². The zero-order valence-corrected chi connectivity index (χ0v) is 14.5. The number of anilines is 1. The zero-order chi connectivity index (χ0) is 19.3.